The highest BCUT2D eigenvalue weighted by Gasteiger charge is 2.31. The van der Waals surface area contributed by atoms with Crippen LogP contribution in [0.25, 0.3) is 6.08 Å². The molecule has 0 aromatic heterocycles. The Kier molecular flexibility index (Phi) is 6.84. The lowest BCUT2D eigenvalue weighted by Gasteiger charge is -2.35. The van der Waals surface area contributed by atoms with Crippen LogP contribution in [-0.4, -0.2) is 49.5 Å². The SMILES string of the molecule is NC(=O)COc1ccc(/C=C/C(=O)N2CCN(c3cccc(C(F)(F)F)c3)CC2)cc1. The van der Waals surface area contributed by atoms with Gasteiger partial charge in [-0.25, -0.2) is 0 Å². The zero-order valence-corrected chi connectivity index (χ0v) is 16.6. The zero-order chi connectivity index (χ0) is 22.4. The van der Waals surface area contributed by atoms with Crippen LogP contribution in [0.5, 0.6) is 5.75 Å². The highest BCUT2D eigenvalue weighted by molar-refractivity contribution is 5.92. The summed E-state index contributed by atoms with van der Waals surface area (Å²) in [5, 5.41) is 0. The van der Waals surface area contributed by atoms with Crippen molar-refractivity contribution in [2.75, 3.05) is 37.7 Å². The van der Waals surface area contributed by atoms with Crippen molar-refractivity contribution in [2.24, 2.45) is 5.73 Å². The molecule has 0 bridgehead atoms. The number of hydrogen-bond donors (Lipinski definition) is 1. The van der Waals surface area contributed by atoms with Gasteiger partial charge in [0.25, 0.3) is 5.91 Å². The summed E-state index contributed by atoms with van der Waals surface area (Å²) in [6.07, 6.45) is -1.26. The summed E-state index contributed by atoms with van der Waals surface area (Å²) in [5.41, 5.74) is 5.62. The van der Waals surface area contributed by atoms with Crippen LogP contribution in [-0.2, 0) is 15.8 Å². The van der Waals surface area contributed by atoms with Gasteiger partial charge < -0.3 is 20.3 Å². The molecule has 2 aromatic carbocycles. The van der Waals surface area contributed by atoms with E-state index in [-0.39, 0.29) is 12.5 Å². The number of rotatable bonds is 6. The standard InChI is InChI=1S/C22H22F3N3O3/c23-22(24,25)17-2-1-3-18(14-17)27-10-12-28(13-11-27)21(30)9-6-16-4-7-19(8-5-16)31-15-20(26)29/h1-9,14H,10-13,15H2,(H2,26,29)/b9-6+. The summed E-state index contributed by atoms with van der Waals surface area (Å²) >= 11 is 0. The Balaban J connectivity index is 1.53. The summed E-state index contributed by atoms with van der Waals surface area (Å²) in [7, 11) is 0. The Morgan fingerprint density at radius 3 is 2.32 bits per heavy atom. The Bertz CT molecular complexity index is 950. The van der Waals surface area contributed by atoms with Crippen LogP contribution in [0.1, 0.15) is 11.1 Å². The van der Waals surface area contributed by atoms with Crippen molar-refractivity contribution in [3.05, 3.63) is 65.7 Å². The summed E-state index contributed by atoms with van der Waals surface area (Å²) < 4.78 is 43.9. The van der Waals surface area contributed by atoms with Gasteiger partial charge in [-0.3, -0.25) is 9.59 Å². The maximum atomic E-state index is 12.9. The largest absolute Gasteiger partial charge is 0.484 e. The number of carbonyl (C=O) groups excluding carboxylic acids is 2. The van der Waals surface area contributed by atoms with Gasteiger partial charge in [0, 0.05) is 37.9 Å². The molecule has 31 heavy (non-hydrogen) atoms. The maximum absolute atomic E-state index is 12.9. The average molecular weight is 433 g/mol. The van der Waals surface area contributed by atoms with Crippen LogP contribution < -0.4 is 15.4 Å². The number of primary amides is 1. The Labute approximate surface area is 177 Å². The minimum atomic E-state index is -4.38. The fraction of sp³-hybridized carbons (Fsp3) is 0.273. The van der Waals surface area contributed by atoms with E-state index >= 15 is 0 Å². The molecule has 9 heteroatoms. The van der Waals surface area contributed by atoms with E-state index in [1.807, 2.05) is 4.90 Å². The number of nitrogens with zero attached hydrogens (tertiary/aromatic N) is 2. The molecule has 0 atom stereocenters. The summed E-state index contributed by atoms with van der Waals surface area (Å²) in [5.74, 6) is -0.242. The molecule has 2 amide bonds. The molecule has 1 aliphatic rings. The average Bonchev–Trinajstić information content (AvgIpc) is 2.76. The lowest BCUT2D eigenvalue weighted by Crippen LogP contribution is -2.48. The van der Waals surface area contributed by atoms with Crippen LogP contribution in [0.15, 0.2) is 54.6 Å². The molecule has 2 N–H and O–H groups in total. The fourth-order valence-electron chi connectivity index (χ4n) is 3.17. The maximum Gasteiger partial charge on any atom is 0.416 e. The van der Waals surface area contributed by atoms with Gasteiger partial charge in [-0.2, -0.15) is 13.2 Å². The van der Waals surface area contributed by atoms with Crippen LogP contribution in [0.4, 0.5) is 18.9 Å². The van der Waals surface area contributed by atoms with Gasteiger partial charge in [-0.15, -0.1) is 0 Å². The lowest BCUT2D eigenvalue weighted by atomic mass is 10.1. The Morgan fingerprint density at radius 2 is 1.71 bits per heavy atom. The quantitative estimate of drug-likeness (QED) is 0.711. The van der Waals surface area contributed by atoms with Crippen LogP contribution >= 0.6 is 0 Å². The number of alkyl halides is 3. The molecule has 0 radical (unpaired) electrons. The number of ether oxygens (including phenoxy) is 1. The molecule has 164 valence electrons. The predicted molar refractivity (Wildman–Crippen MR) is 110 cm³/mol. The van der Waals surface area contributed by atoms with Crippen molar-refractivity contribution < 1.29 is 27.5 Å². The predicted octanol–water partition coefficient (Wildman–Crippen LogP) is 2.93. The lowest BCUT2D eigenvalue weighted by molar-refractivity contribution is -0.137. The van der Waals surface area contributed by atoms with Crippen molar-refractivity contribution in [1.29, 1.82) is 0 Å². The molecule has 6 nitrogen and oxygen atoms in total. The Morgan fingerprint density at radius 1 is 1.03 bits per heavy atom. The first-order valence-corrected chi connectivity index (χ1v) is 9.63. The molecular weight excluding hydrogens is 411 g/mol. The fourth-order valence-corrected chi connectivity index (χ4v) is 3.17. The summed E-state index contributed by atoms with van der Waals surface area (Å²) in [4.78, 5) is 26.7. The van der Waals surface area contributed by atoms with Crippen LogP contribution in [0, 0.1) is 0 Å². The number of amides is 2. The minimum absolute atomic E-state index is 0.169. The van der Waals surface area contributed by atoms with Gasteiger partial charge in [-0.05, 0) is 42.0 Å². The molecule has 3 rings (SSSR count). The number of nitrogens with two attached hydrogens (primary N) is 1. The van der Waals surface area contributed by atoms with Crippen molar-refractivity contribution in [1.82, 2.24) is 4.90 Å². The van der Waals surface area contributed by atoms with Crippen LogP contribution in [0.2, 0.25) is 0 Å². The summed E-state index contributed by atoms with van der Waals surface area (Å²) in [6.45, 7) is 1.53. The smallest absolute Gasteiger partial charge is 0.416 e. The van der Waals surface area contributed by atoms with Crippen molar-refractivity contribution in [2.45, 2.75) is 6.18 Å². The highest BCUT2D eigenvalue weighted by Crippen LogP contribution is 2.31. The molecular formula is C22H22F3N3O3. The monoisotopic (exact) mass is 433 g/mol. The van der Waals surface area contributed by atoms with E-state index in [4.69, 9.17) is 10.5 Å². The topological polar surface area (TPSA) is 75.9 Å². The number of benzene rings is 2. The van der Waals surface area contributed by atoms with E-state index in [0.717, 1.165) is 17.7 Å². The number of anilines is 1. The molecule has 0 unspecified atom stereocenters. The Hall–Kier alpha value is -3.49. The van der Waals surface area contributed by atoms with Gasteiger partial charge in [0.2, 0.25) is 5.91 Å². The molecule has 0 spiro atoms. The third kappa shape index (κ3) is 6.24. The van der Waals surface area contributed by atoms with Crippen molar-refractivity contribution in [3.8, 4) is 5.75 Å². The number of piperazine rings is 1. The van der Waals surface area contributed by atoms with Gasteiger partial charge in [0.1, 0.15) is 5.75 Å². The molecule has 0 saturated carbocycles. The first-order valence-electron chi connectivity index (χ1n) is 9.63. The number of halogens is 3. The van der Waals surface area contributed by atoms with E-state index in [1.165, 1.54) is 12.1 Å². The normalized spacial score (nSPS) is 14.7. The molecule has 1 heterocycles. The zero-order valence-electron chi connectivity index (χ0n) is 16.6. The van der Waals surface area contributed by atoms with Crippen molar-refractivity contribution in [3.63, 3.8) is 0 Å². The van der Waals surface area contributed by atoms with E-state index in [0.29, 0.717) is 37.6 Å². The van der Waals surface area contributed by atoms with Gasteiger partial charge in [0.15, 0.2) is 6.61 Å². The third-order valence-electron chi connectivity index (χ3n) is 4.81. The second-order valence-corrected chi connectivity index (χ2v) is 7.02. The van der Waals surface area contributed by atoms with E-state index in [9.17, 15) is 22.8 Å². The number of hydrogen-bond acceptors (Lipinski definition) is 4. The molecule has 1 fully saturated rings. The molecule has 0 aliphatic carbocycles. The highest BCUT2D eigenvalue weighted by atomic mass is 19.4. The molecule has 1 saturated heterocycles. The van der Waals surface area contributed by atoms with E-state index in [1.54, 1.807) is 41.3 Å². The van der Waals surface area contributed by atoms with Gasteiger partial charge in [-0.1, -0.05) is 18.2 Å². The third-order valence-corrected chi connectivity index (χ3v) is 4.81. The minimum Gasteiger partial charge on any atom is -0.484 e. The van der Waals surface area contributed by atoms with E-state index < -0.39 is 17.6 Å². The number of carbonyl (C=O) groups is 2. The first kappa shape index (κ1) is 22.2. The van der Waals surface area contributed by atoms with Gasteiger partial charge >= 0.3 is 6.18 Å². The molecule has 2 aromatic rings. The van der Waals surface area contributed by atoms with E-state index in [2.05, 4.69) is 0 Å². The molecule has 1 aliphatic heterocycles. The first-order chi connectivity index (χ1) is 14.7. The second kappa shape index (κ2) is 9.55. The van der Waals surface area contributed by atoms with Crippen LogP contribution in [0.3, 0.4) is 0 Å². The second-order valence-electron chi connectivity index (χ2n) is 7.02. The van der Waals surface area contributed by atoms with Gasteiger partial charge in [0.05, 0.1) is 5.56 Å². The summed E-state index contributed by atoms with van der Waals surface area (Å²) in [6, 6.07) is 12.0. The van der Waals surface area contributed by atoms with Crippen molar-refractivity contribution >= 4 is 23.6 Å².